The van der Waals surface area contributed by atoms with Gasteiger partial charge in [-0.2, -0.15) is 5.26 Å². The van der Waals surface area contributed by atoms with Gasteiger partial charge in [-0.3, -0.25) is 4.79 Å². The van der Waals surface area contributed by atoms with Crippen molar-refractivity contribution >= 4 is 17.5 Å². The summed E-state index contributed by atoms with van der Waals surface area (Å²) < 4.78 is 0. The van der Waals surface area contributed by atoms with Crippen LogP contribution in [-0.2, 0) is 11.3 Å². The lowest BCUT2D eigenvalue weighted by atomic mass is 9.90. The topological polar surface area (TPSA) is 61.8 Å². The minimum atomic E-state index is -0.793. The van der Waals surface area contributed by atoms with Crippen LogP contribution in [0.25, 0.3) is 0 Å². The lowest BCUT2D eigenvalue weighted by Crippen LogP contribution is -3.28. The SMILES string of the molecule is CC(C)[C@](C)(C#N)NC(=O)C[NH+]1CC[NH+](Cc2ccc(Cl)cc2)CC1. The lowest BCUT2D eigenvalue weighted by Gasteiger charge is -2.31. The van der Waals surface area contributed by atoms with E-state index < -0.39 is 5.54 Å². The molecule has 0 aromatic heterocycles. The molecule has 5 nitrogen and oxygen atoms in total. The molecule has 1 aromatic rings. The van der Waals surface area contributed by atoms with E-state index in [1.54, 1.807) is 6.92 Å². The van der Waals surface area contributed by atoms with Crippen molar-refractivity contribution in [2.75, 3.05) is 32.7 Å². The molecule has 1 fully saturated rings. The van der Waals surface area contributed by atoms with Crippen molar-refractivity contribution in [1.82, 2.24) is 5.32 Å². The zero-order chi connectivity index (χ0) is 18.4. The summed E-state index contributed by atoms with van der Waals surface area (Å²) in [7, 11) is 0. The summed E-state index contributed by atoms with van der Waals surface area (Å²) in [5.41, 5.74) is 0.500. The third kappa shape index (κ3) is 5.71. The second-order valence-corrected chi connectivity index (χ2v) is 7.93. The van der Waals surface area contributed by atoms with Crippen LogP contribution in [0.1, 0.15) is 26.3 Å². The highest BCUT2D eigenvalue weighted by atomic mass is 35.5. The Bertz CT molecular complexity index is 617. The van der Waals surface area contributed by atoms with Gasteiger partial charge in [0.25, 0.3) is 5.91 Å². The monoisotopic (exact) mass is 364 g/mol. The summed E-state index contributed by atoms with van der Waals surface area (Å²) in [6, 6.07) is 10.3. The molecule has 0 unspecified atom stereocenters. The van der Waals surface area contributed by atoms with Gasteiger partial charge in [0.2, 0.25) is 0 Å². The second-order valence-electron chi connectivity index (χ2n) is 7.50. The smallest absolute Gasteiger partial charge is 0.276 e. The molecule has 1 atom stereocenters. The molecule has 1 aliphatic rings. The van der Waals surface area contributed by atoms with E-state index in [0.717, 1.165) is 37.7 Å². The van der Waals surface area contributed by atoms with Gasteiger partial charge < -0.3 is 15.1 Å². The van der Waals surface area contributed by atoms with Crippen molar-refractivity contribution in [3.63, 3.8) is 0 Å². The fourth-order valence-corrected chi connectivity index (χ4v) is 3.19. The molecule has 3 N–H and O–H groups in total. The first-order chi connectivity index (χ1) is 11.8. The second kappa shape index (κ2) is 8.66. The maximum absolute atomic E-state index is 12.3. The first-order valence-electron chi connectivity index (χ1n) is 8.96. The molecular weight excluding hydrogens is 336 g/mol. The van der Waals surface area contributed by atoms with Crippen molar-refractivity contribution in [2.45, 2.75) is 32.9 Å². The van der Waals surface area contributed by atoms with Crippen LogP contribution < -0.4 is 15.1 Å². The molecule has 1 saturated heterocycles. The van der Waals surface area contributed by atoms with E-state index in [9.17, 15) is 10.1 Å². The summed E-state index contributed by atoms with van der Waals surface area (Å²) >= 11 is 5.93. The van der Waals surface area contributed by atoms with Crippen LogP contribution in [0.5, 0.6) is 0 Å². The maximum Gasteiger partial charge on any atom is 0.276 e. The molecule has 6 heteroatoms. The van der Waals surface area contributed by atoms with Gasteiger partial charge in [-0.15, -0.1) is 0 Å². The van der Waals surface area contributed by atoms with Crippen molar-refractivity contribution in [3.05, 3.63) is 34.9 Å². The average molecular weight is 365 g/mol. The minimum absolute atomic E-state index is 0.0334. The Morgan fingerprint density at radius 3 is 2.32 bits per heavy atom. The van der Waals surface area contributed by atoms with Crippen LogP contribution in [0, 0.1) is 17.2 Å². The average Bonchev–Trinajstić information content (AvgIpc) is 2.58. The first kappa shape index (κ1) is 19.7. The Morgan fingerprint density at radius 2 is 1.80 bits per heavy atom. The van der Waals surface area contributed by atoms with Crippen LogP contribution in [0.4, 0.5) is 0 Å². The Kier molecular flexibility index (Phi) is 6.83. The highest BCUT2D eigenvalue weighted by Gasteiger charge is 2.32. The highest BCUT2D eigenvalue weighted by Crippen LogP contribution is 2.14. The number of quaternary nitrogens is 2. The standard InChI is InChI=1S/C19H27ClN4O/c1-15(2)19(3,14-21)22-18(25)13-24-10-8-23(9-11-24)12-16-4-6-17(20)7-5-16/h4-7,15H,8-13H2,1-3H3,(H,22,25)/p+2/t19-/m0/s1. The number of rotatable bonds is 6. The number of carbonyl (C=O) groups excluding carboxylic acids is 1. The van der Waals surface area contributed by atoms with Gasteiger partial charge in [-0.1, -0.05) is 37.6 Å². The molecule has 136 valence electrons. The third-order valence-electron chi connectivity index (χ3n) is 5.23. The van der Waals surface area contributed by atoms with Crippen molar-refractivity contribution in [1.29, 1.82) is 5.26 Å². The minimum Gasteiger partial charge on any atom is -0.333 e. The van der Waals surface area contributed by atoms with Gasteiger partial charge in [0.1, 0.15) is 38.3 Å². The fraction of sp³-hybridized carbons (Fsp3) is 0.579. The van der Waals surface area contributed by atoms with E-state index in [4.69, 9.17) is 11.6 Å². The number of nitriles is 1. The van der Waals surface area contributed by atoms with Crippen molar-refractivity contribution < 1.29 is 14.6 Å². The van der Waals surface area contributed by atoms with Crippen LogP contribution in [0.3, 0.4) is 0 Å². The van der Waals surface area contributed by atoms with Crippen LogP contribution in [0.2, 0.25) is 5.02 Å². The highest BCUT2D eigenvalue weighted by molar-refractivity contribution is 6.30. The van der Waals surface area contributed by atoms with E-state index in [1.165, 1.54) is 15.4 Å². The van der Waals surface area contributed by atoms with Gasteiger partial charge >= 0.3 is 0 Å². The number of nitrogens with one attached hydrogen (secondary N) is 3. The first-order valence-corrected chi connectivity index (χ1v) is 9.34. The molecular formula is C19H29ClN4O+2. The predicted octanol–water partition coefficient (Wildman–Crippen LogP) is -0.322. The van der Waals surface area contributed by atoms with Gasteiger partial charge in [0.15, 0.2) is 6.54 Å². The molecule has 2 rings (SSSR count). The molecule has 0 aliphatic carbocycles. The van der Waals surface area contributed by atoms with Gasteiger partial charge in [-0.25, -0.2) is 0 Å². The number of hydrogen-bond acceptors (Lipinski definition) is 2. The summed E-state index contributed by atoms with van der Waals surface area (Å²) in [5, 5.41) is 13.0. The summed E-state index contributed by atoms with van der Waals surface area (Å²) in [6.07, 6.45) is 0. The molecule has 1 amide bonds. The van der Waals surface area contributed by atoms with Gasteiger partial charge in [-0.05, 0) is 25.0 Å². The maximum atomic E-state index is 12.3. The third-order valence-corrected chi connectivity index (χ3v) is 5.48. The Labute approximate surface area is 155 Å². The molecule has 0 spiro atoms. The van der Waals surface area contributed by atoms with E-state index in [2.05, 4.69) is 23.5 Å². The molecule has 0 saturated carbocycles. The van der Waals surface area contributed by atoms with Crippen LogP contribution in [-0.4, -0.2) is 44.2 Å². The summed E-state index contributed by atoms with van der Waals surface area (Å²) in [6.45, 7) is 11.2. The van der Waals surface area contributed by atoms with E-state index in [-0.39, 0.29) is 11.8 Å². The van der Waals surface area contributed by atoms with Crippen LogP contribution in [0.15, 0.2) is 24.3 Å². The molecule has 0 bridgehead atoms. The Hall–Kier alpha value is -1.61. The molecule has 1 heterocycles. The summed E-state index contributed by atoms with van der Waals surface area (Å²) in [5.74, 6) is 0.0472. The lowest BCUT2D eigenvalue weighted by molar-refractivity contribution is -1.02. The van der Waals surface area contributed by atoms with Gasteiger partial charge in [0, 0.05) is 10.6 Å². The number of carbonyl (C=O) groups is 1. The number of halogens is 1. The van der Waals surface area contributed by atoms with E-state index >= 15 is 0 Å². The number of benzene rings is 1. The fourth-order valence-electron chi connectivity index (χ4n) is 3.06. The Morgan fingerprint density at radius 1 is 1.24 bits per heavy atom. The molecule has 1 aromatic carbocycles. The Balaban J connectivity index is 1.77. The predicted molar refractivity (Wildman–Crippen MR) is 98.4 cm³/mol. The number of piperazine rings is 1. The number of amides is 1. The zero-order valence-corrected chi connectivity index (χ0v) is 16.1. The van der Waals surface area contributed by atoms with Crippen LogP contribution >= 0.6 is 11.6 Å². The molecule has 25 heavy (non-hydrogen) atoms. The van der Waals surface area contributed by atoms with E-state index in [0.29, 0.717) is 6.54 Å². The number of nitrogens with zero attached hydrogens (tertiary/aromatic N) is 1. The van der Waals surface area contributed by atoms with E-state index in [1.807, 2.05) is 26.0 Å². The molecule has 0 radical (unpaired) electrons. The molecule has 1 aliphatic heterocycles. The zero-order valence-electron chi connectivity index (χ0n) is 15.4. The number of hydrogen-bond donors (Lipinski definition) is 3. The quantitative estimate of drug-likeness (QED) is 0.648. The van der Waals surface area contributed by atoms with Crippen molar-refractivity contribution in [3.8, 4) is 6.07 Å². The normalized spacial score (nSPS) is 22.9. The largest absolute Gasteiger partial charge is 0.333 e. The van der Waals surface area contributed by atoms with Gasteiger partial charge in [0.05, 0.1) is 6.07 Å². The van der Waals surface area contributed by atoms with Crippen molar-refractivity contribution in [2.24, 2.45) is 5.92 Å². The summed E-state index contributed by atoms with van der Waals surface area (Å²) in [4.78, 5) is 15.1.